The van der Waals surface area contributed by atoms with Crippen molar-refractivity contribution < 1.29 is 14.3 Å². The van der Waals surface area contributed by atoms with E-state index in [1.165, 1.54) is 0 Å². The minimum Gasteiger partial charge on any atom is -0.465 e. The molecule has 0 spiro atoms. The van der Waals surface area contributed by atoms with Crippen LogP contribution >= 0.6 is 0 Å². The lowest BCUT2D eigenvalue weighted by atomic mass is 9.48. The van der Waals surface area contributed by atoms with Crippen LogP contribution in [0.25, 0.3) is 0 Å². The average Bonchev–Trinajstić information content (AvgIpc) is 2.77. The monoisotopic (exact) mass is 298 g/mol. The molecule has 116 valence electrons. The Hall–Kier alpha value is -1.64. The van der Waals surface area contributed by atoms with Crippen LogP contribution in [0.5, 0.6) is 0 Å². The normalized spacial score (nSPS) is 46.5. The zero-order valence-electron chi connectivity index (χ0n) is 13.2. The van der Waals surface area contributed by atoms with Crippen molar-refractivity contribution in [3.8, 4) is 0 Å². The molecule has 0 unspecified atom stereocenters. The maximum atomic E-state index is 12.2. The van der Waals surface area contributed by atoms with E-state index in [1.54, 1.807) is 12.2 Å². The minimum absolute atomic E-state index is 0.0255. The second-order valence-corrected chi connectivity index (χ2v) is 7.82. The number of fused-ring (bicyclic) bond motifs is 5. The number of rotatable bonds is 0. The van der Waals surface area contributed by atoms with Crippen LogP contribution in [-0.4, -0.2) is 18.4 Å². The molecule has 1 saturated heterocycles. The van der Waals surface area contributed by atoms with Crippen LogP contribution in [0.4, 0.5) is 0 Å². The number of carbonyl (C=O) groups is 2. The van der Waals surface area contributed by atoms with E-state index in [4.69, 9.17) is 4.74 Å². The van der Waals surface area contributed by atoms with Crippen LogP contribution in [0, 0.1) is 28.6 Å². The molecule has 0 bridgehead atoms. The fraction of sp³-hybridized carbons (Fsp3) is 0.579. The summed E-state index contributed by atoms with van der Waals surface area (Å²) in [5, 5.41) is 0. The molecule has 0 aromatic rings. The number of allylic oxidation sites excluding steroid dienone is 5. The van der Waals surface area contributed by atoms with E-state index in [9.17, 15) is 9.59 Å². The molecule has 22 heavy (non-hydrogen) atoms. The summed E-state index contributed by atoms with van der Waals surface area (Å²) < 4.78 is 5.42. The number of ether oxygens (including phenoxy) is 1. The fourth-order valence-electron chi connectivity index (χ4n) is 5.42. The highest BCUT2D eigenvalue weighted by atomic mass is 16.5. The lowest BCUT2D eigenvalue weighted by Crippen LogP contribution is -2.50. The number of cyclic esters (lactones) is 1. The van der Waals surface area contributed by atoms with Gasteiger partial charge in [0.25, 0.3) is 0 Å². The first-order chi connectivity index (χ1) is 10.4. The summed E-state index contributed by atoms with van der Waals surface area (Å²) in [5.41, 5.74) is 1.72. The molecule has 1 aliphatic heterocycles. The smallest absolute Gasteiger partial charge is 0.312 e. The highest BCUT2D eigenvalue weighted by Crippen LogP contribution is 2.62. The lowest BCUT2D eigenvalue weighted by molar-refractivity contribution is -0.147. The molecular formula is C19H22O3. The van der Waals surface area contributed by atoms with Crippen LogP contribution in [0.3, 0.4) is 0 Å². The van der Waals surface area contributed by atoms with Crippen molar-refractivity contribution in [1.82, 2.24) is 0 Å². The molecule has 1 heterocycles. The van der Waals surface area contributed by atoms with Crippen LogP contribution in [0.2, 0.25) is 0 Å². The first-order valence-corrected chi connectivity index (χ1v) is 8.17. The van der Waals surface area contributed by atoms with Crippen molar-refractivity contribution in [2.24, 2.45) is 28.6 Å². The third-order valence-electron chi connectivity index (χ3n) is 6.78. The second-order valence-electron chi connectivity index (χ2n) is 7.82. The largest absolute Gasteiger partial charge is 0.465 e. The van der Waals surface area contributed by atoms with Gasteiger partial charge < -0.3 is 4.74 Å². The predicted octanol–water partition coefficient (Wildman–Crippen LogP) is 3.22. The summed E-state index contributed by atoms with van der Waals surface area (Å²) in [6.45, 7) is 9.08. The summed E-state index contributed by atoms with van der Waals surface area (Å²) in [6.07, 6.45) is 8.31. The predicted molar refractivity (Wildman–Crippen MR) is 82.9 cm³/mol. The summed E-state index contributed by atoms with van der Waals surface area (Å²) in [7, 11) is 0. The molecule has 3 fully saturated rings. The maximum absolute atomic E-state index is 12.2. The Bertz CT molecular complexity index is 656. The molecular weight excluding hydrogens is 276 g/mol. The Morgan fingerprint density at radius 1 is 1.27 bits per heavy atom. The first-order valence-electron chi connectivity index (χ1n) is 8.17. The van der Waals surface area contributed by atoms with Crippen LogP contribution in [0.1, 0.15) is 33.1 Å². The molecule has 0 radical (unpaired) electrons. The molecule has 5 atom stereocenters. The van der Waals surface area contributed by atoms with E-state index in [1.807, 2.05) is 0 Å². The maximum Gasteiger partial charge on any atom is 0.312 e. The average molecular weight is 298 g/mol. The van der Waals surface area contributed by atoms with E-state index in [0.29, 0.717) is 18.4 Å². The standard InChI is InChI=1S/C19H22O3/c1-11-8-13-14(18(2)6-4-12(20)9-15(11)18)5-7-19(3)16(13)10-22-17(19)21/h4,6,9,13-14,16H,1,5,7-8,10H2,2-3H3/t13-,14+,16+,18-,19+/m1/s1. The van der Waals surface area contributed by atoms with Gasteiger partial charge in [0, 0.05) is 11.3 Å². The summed E-state index contributed by atoms with van der Waals surface area (Å²) in [6, 6.07) is 0. The zero-order chi connectivity index (χ0) is 15.7. The van der Waals surface area contributed by atoms with E-state index in [0.717, 1.165) is 30.4 Å². The number of ketones is 1. The number of esters is 1. The lowest BCUT2D eigenvalue weighted by Gasteiger charge is -2.54. The first kappa shape index (κ1) is 14.0. The van der Waals surface area contributed by atoms with E-state index in [-0.39, 0.29) is 28.5 Å². The van der Waals surface area contributed by atoms with E-state index in [2.05, 4.69) is 26.5 Å². The van der Waals surface area contributed by atoms with Crippen LogP contribution in [0.15, 0.2) is 36.0 Å². The number of hydrogen-bond donors (Lipinski definition) is 0. The molecule has 3 heteroatoms. The highest BCUT2D eigenvalue weighted by Gasteiger charge is 2.60. The van der Waals surface area contributed by atoms with Crippen molar-refractivity contribution in [2.45, 2.75) is 33.1 Å². The zero-order valence-corrected chi connectivity index (χ0v) is 13.2. The van der Waals surface area contributed by atoms with Crippen LogP contribution < -0.4 is 0 Å². The summed E-state index contributed by atoms with van der Waals surface area (Å²) in [5.74, 6) is 1.19. The number of hydrogen-bond acceptors (Lipinski definition) is 3. The third kappa shape index (κ3) is 1.57. The molecule has 2 saturated carbocycles. The van der Waals surface area contributed by atoms with Crippen LogP contribution in [-0.2, 0) is 14.3 Å². The minimum atomic E-state index is -0.326. The Morgan fingerprint density at radius 3 is 2.82 bits per heavy atom. The topological polar surface area (TPSA) is 43.4 Å². The van der Waals surface area contributed by atoms with Gasteiger partial charge in [0.1, 0.15) is 0 Å². The Labute approximate surface area is 131 Å². The van der Waals surface area contributed by atoms with Crippen molar-refractivity contribution in [1.29, 1.82) is 0 Å². The van der Waals surface area contributed by atoms with Crippen molar-refractivity contribution in [3.05, 3.63) is 36.0 Å². The van der Waals surface area contributed by atoms with Gasteiger partial charge in [-0.05, 0) is 55.7 Å². The van der Waals surface area contributed by atoms with Gasteiger partial charge in [0.15, 0.2) is 5.78 Å². The Kier molecular flexibility index (Phi) is 2.68. The van der Waals surface area contributed by atoms with Crippen molar-refractivity contribution in [3.63, 3.8) is 0 Å². The summed E-state index contributed by atoms with van der Waals surface area (Å²) >= 11 is 0. The highest BCUT2D eigenvalue weighted by molar-refractivity contribution is 6.01. The van der Waals surface area contributed by atoms with Crippen molar-refractivity contribution in [2.75, 3.05) is 6.61 Å². The van der Waals surface area contributed by atoms with Gasteiger partial charge in [-0.2, -0.15) is 0 Å². The SMILES string of the molecule is C=C1C[C@@H]2[C@H](CC[C@]3(C)C(=O)OC[C@@H]23)[C@@]2(C)C=CC(=O)C=C12. The molecule has 3 nitrogen and oxygen atoms in total. The Balaban J connectivity index is 1.78. The van der Waals surface area contributed by atoms with Gasteiger partial charge >= 0.3 is 5.97 Å². The fourth-order valence-corrected chi connectivity index (χ4v) is 5.42. The van der Waals surface area contributed by atoms with Gasteiger partial charge in [-0.15, -0.1) is 0 Å². The third-order valence-corrected chi connectivity index (χ3v) is 6.78. The molecule has 3 aliphatic carbocycles. The van der Waals surface area contributed by atoms with Gasteiger partial charge in [-0.3, -0.25) is 9.59 Å². The van der Waals surface area contributed by atoms with Crippen molar-refractivity contribution >= 4 is 11.8 Å². The second kappa shape index (κ2) is 4.21. The van der Waals surface area contributed by atoms with Gasteiger partial charge in [-0.1, -0.05) is 25.2 Å². The van der Waals surface area contributed by atoms with Gasteiger partial charge in [-0.25, -0.2) is 0 Å². The molecule has 4 aliphatic rings. The van der Waals surface area contributed by atoms with Gasteiger partial charge in [0.05, 0.1) is 12.0 Å². The molecule has 0 N–H and O–H groups in total. The molecule has 4 rings (SSSR count). The molecule has 0 amide bonds. The Morgan fingerprint density at radius 2 is 2.05 bits per heavy atom. The van der Waals surface area contributed by atoms with Gasteiger partial charge in [0.2, 0.25) is 0 Å². The molecule has 0 aromatic heterocycles. The van der Waals surface area contributed by atoms with E-state index < -0.39 is 0 Å². The molecule has 0 aromatic carbocycles. The summed E-state index contributed by atoms with van der Waals surface area (Å²) in [4.78, 5) is 24.0. The number of carbonyl (C=O) groups excluding carboxylic acids is 2. The quantitative estimate of drug-likeness (QED) is 0.645. The van der Waals surface area contributed by atoms with E-state index >= 15 is 0 Å².